The number of β-lactam (4-membered cyclic amide) rings is 1. The summed E-state index contributed by atoms with van der Waals surface area (Å²) in [5, 5.41) is 0. The summed E-state index contributed by atoms with van der Waals surface area (Å²) in [6, 6.07) is 7.11. The summed E-state index contributed by atoms with van der Waals surface area (Å²) >= 11 is 0. The summed E-state index contributed by atoms with van der Waals surface area (Å²) in [5.41, 5.74) is 13.6. The third-order valence-electron chi connectivity index (χ3n) is 5.79. The fourth-order valence-corrected chi connectivity index (χ4v) is 4.25. The van der Waals surface area contributed by atoms with Crippen molar-refractivity contribution in [1.29, 1.82) is 0 Å². The minimum atomic E-state index is -5.39. The van der Waals surface area contributed by atoms with Crippen LogP contribution in [0, 0.1) is 5.92 Å². The van der Waals surface area contributed by atoms with Gasteiger partial charge in [0.2, 0.25) is 6.04 Å². The number of quaternary nitrogens is 1. The van der Waals surface area contributed by atoms with Crippen LogP contribution >= 0.6 is 0 Å². The molecular formula is C21H21F3N5O5+. The van der Waals surface area contributed by atoms with Crippen molar-refractivity contribution in [1.82, 2.24) is 10.5 Å². The van der Waals surface area contributed by atoms with Gasteiger partial charge in [-0.2, -0.15) is 17.7 Å². The number of halogens is 3. The highest BCUT2D eigenvalue weighted by Crippen LogP contribution is 2.46. The summed E-state index contributed by atoms with van der Waals surface area (Å²) in [7, 11) is 0. The van der Waals surface area contributed by atoms with Crippen LogP contribution in [0.1, 0.15) is 24.1 Å². The molecule has 180 valence electrons. The van der Waals surface area contributed by atoms with Gasteiger partial charge in [-0.3, -0.25) is 4.79 Å². The molecule has 0 bridgehead atoms. The second-order valence-corrected chi connectivity index (χ2v) is 7.74. The number of urea groups is 1. The van der Waals surface area contributed by atoms with Gasteiger partial charge in [-0.05, 0) is 31.0 Å². The number of likely N-dealkylation sites (tertiary alicyclic amines) is 1. The first-order valence-corrected chi connectivity index (χ1v) is 9.96. The number of hydrogen-bond donors (Lipinski definition) is 3. The summed E-state index contributed by atoms with van der Waals surface area (Å²) in [6.07, 6.45) is -4.03. The zero-order valence-corrected chi connectivity index (χ0v) is 17.8. The van der Waals surface area contributed by atoms with Crippen molar-refractivity contribution in [3.05, 3.63) is 59.8 Å². The number of amides is 4. The molecule has 10 nitrogen and oxygen atoms in total. The molecular weight excluding hydrogens is 459 g/mol. The molecule has 1 aromatic heterocycles. The van der Waals surface area contributed by atoms with Gasteiger partial charge in [0, 0.05) is 11.8 Å². The lowest BCUT2D eigenvalue weighted by Crippen LogP contribution is -2.82. The van der Waals surface area contributed by atoms with Crippen LogP contribution in [0.15, 0.2) is 48.7 Å². The Morgan fingerprint density at radius 1 is 1.21 bits per heavy atom. The lowest BCUT2D eigenvalue weighted by Gasteiger charge is -2.52. The van der Waals surface area contributed by atoms with E-state index in [2.05, 4.69) is 9.82 Å². The van der Waals surface area contributed by atoms with Crippen LogP contribution in [-0.2, 0) is 25.6 Å². The minimum Gasteiger partial charge on any atom is -0.384 e. The highest BCUT2D eigenvalue weighted by atomic mass is 19.4. The summed E-state index contributed by atoms with van der Waals surface area (Å²) in [4.78, 5) is 57.9. The van der Waals surface area contributed by atoms with Crippen molar-refractivity contribution in [3.63, 3.8) is 0 Å². The number of nitrogens with zero attached hydrogens (tertiary/aromatic N) is 2. The molecule has 13 heteroatoms. The fraction of sp³-hybridized carbons (Fsp3) is 0.286. The third-order valence-corrected chi connectivity index (χ3v) is 5.79. The third kappa shape index (κ3) is 4.29. The average Bonchev–Trinajstić information content (AvgIpc) is 2.78. The molecule has 1 aliphatic rings. The molecule has 5 N–H and O–H groups in total. The number of nitrogen functional groups attached to an aromatic ring is 1. The molecule has 1 saturated heterocycles. The van der Waals surface area contributed by atoms with Gasteiger partial charge in [0.15, 0.2) is 0 Å². The Hall–Kier alpha value is -4.00. The van der Waals surface area contributed by atoms with Gasteiger partial charge in [-0.1, -0.05) is 30.3 Å². The summed E-state index contributed by atoms with van der Waals surface area (Å²) in [5.74, 6) is -5.45. The molecule has 1 fully saturated rings. The van der Waals surface area contributed by atoms with Crippen LogP contribution in [-0.4, -0.2) is 45.5 Å². The number of hydrogen-bond acceptors (Lipinski definition) is 7. The van der Waals surface area contributed by atoms with E-state index in [1.807, 2.05) is 0 Å². The Kier molecular flexibility index (Phi) is 6.59. The Labute approximate surface area is 191 Å². The topological polar surface area (TPSA) is 154 Å². The van der Waals surface area contributed by atoms with Gasteiger partial charge >= 0.3 is 24.1 Å². The molecule has 0 spiro atoms. The van der Waals surface area contributed by atoms with Crippen molar-refractivity contribution in [2.75, 3.05) is 5.73 Å². The number of nitrogens with two attached hydrogens (primary N) is 2. The number of hydroxylamine groups is 1. The van der Waals surface area contributed by atoms with E-state index in [1.54, 1.807) is 36.4 Å². The molecule has 34 heavy (non-hydrogen) atoms. The first-order valence-electron chi connectivity index (χ1n) is 9.96. The molecule has 1 unspecified atom stereocenters. The lowest BCUT2D eigenvalue weighted by molar-refractivity contribution is -0.860. The fourth-order valence-electron chi connectivity index (χ4n) is 4.25. The Balaban J connectivity index is 2.01. The van der Waals surface area contributed by atoms with E-state index >= 15 is 0 Å². The number of benzene rings is 1. The van der Waals surface area contributed by atoms with Crippen molar-refractivity contribution >= 4 is 29.6 Å². The van der Waals surface area contributed by atoms with E-state index in [9.17, 15) is 32.3 Å². The van der Waals surface area contributed by atoms with E-state index in [0.717, 1.165) is 0 Å². The number of anilines is 1. The Morgan fingerprint density at radius 3 is 2.41 bits per heavy atom. The number of primary amides is 1. The van der Waals surface area contributed by atoms with E-state index in [1.165, 1.54) is 24.7 Å². The summed E-state index contributed by atoms with van der Waals surface area (Å²) < 4.78 is 36.3. The zero-order chi connectivity index (χ0) is 25.3. The van der Waals surface area contributed by atoms with E-state index in [4.69, 9.17) is 11.5 Å². The zero-order valence-electron chi connectivity index (χ0n) is 17.8. The maximum absolute atomic E-state index is 13.5. The molecule has 0 saturated carbocycles. The Bertz CT molecular complexity index is 1130. The monoisotopic (exact) mass is 480 g/mol. The molecule has 0 radical (unpaired) electrons. The number of rotatable bonds is 5. The normalized spacial score (nSPS) is 22.9. The smallest absolute Gasteiger partial charge is 0.384 e. The molecule has 4 amide bonds. The van der Waals surface area contributed by atoms with Crippen LogP contribution in [0.4, 0.5) is 23.8 Å². The molecule has 1 aliphatic heterocycles. The van der Waals surface area contributed by atoms with Crippen molar-refractivity contribution in [2.24, 2.45) is 11.7 Å². The lowest BCUT2D eigenvalue weighted by atomic mass is 9.76. The maximum atomic E-state index is 13.5. The predicted octanol–water partition coefficient (Wildman–Crippen LogP) is 1.52. The summed E-state index contributed by atoms with van der Waals surface area (Å²) in [6.45, 7) is 1.44. The molecule has 2 aromatic rings. The van der Waals surface area contributed by atoms with Crippen LogP contribution < -0.4 is 16.9 Å². The van der Waals surface area contributed by atoms with Gasteiger partial charge in [0.05, 0.1) is 0 Å². The first-order chi connectivity index (χ1) is 15.9. The second-order valence-electron chi connectivity index (χ2n) is 7.74. The van der Waals surface area contributed by atoms with Gasteiger partial charge in [-0.15, -0.1) is 5.48 Å². The van der Waals surface area contributed by atoms with Crippen LogP contribution in [0.25, 0.3) is 0 Å². The number of alkyl halides is 3. The standard InChI is InChI=1S/C21H20F3N5O5/c1-11(13-5-3-2-4-6-13)29(20(33)28-34-19(32)21(22,23)24)16(17(26)30)14(18(29)31)9-12-7-8-27-15(25)10-12/h2-8,10-11,14,16H,9H2,1H3,(H4-,25,26,27,28,30,33)/p+1/t11-,14-,16+,29?/m1/s1. The molecule has 3 rings (SSSR count). The van der Waals surface area contributed by atoms with Crippen molar-refractivity contribution in [3.8, 4) is 0 Å². The van der Waals surface area contributed by atoms with Gasteiger partial charge in [-0.25, -0.2) is 19.4 Å². The predicted molar refractivity (Wildman–Crippen MR) is 110 cm³/mol. The van der Waals surface area contributed by atoms with Crippen LogP contribution in [0.2, 0.25) is 0 Å². The molecule has 2 heterocycles. The molecule has 0 aliphatic carbocycles. The Morgan fingerprint density at radius 2 is 1.85 bits per heavy atom. The quantitative estimate of drug-likeness (QED) is 0.333. The van der Waals surface area contributed by atoms with E-state index < -0.39 is 52.5 Å². The first kappa shape index (κ1) is 24.6. The van der Waals surface area contributed by atoms with Crippen LogP contribution in [0.5, 0.6) is 0 Å². The number of imide groups is 1. The molecule has 4 atom stereocenters. The number of carbonyl (C=O) groups excluding carboxylic acids is 4. The number of carbonyl (C=O) groups is 4. The average molecular weight is 480 g/mol. The highest BCUT2D eigenvalue weighted by molar-refractivity contribution is 5.99. The number of aromatic nitrogens is 1. The van der Waals surface area contributed by atoms with Gasteiger partial charge in [0.1, 0.15) is 17.8 Å². The molecule has 1 aromatic carbocycles. The van der Waals surface area contributed by atoms with E-state index in [0.29, 0.717) is 11.1 Å². The van der Waals surface area contributed by atoms with Crippen molar-refractivity contribution in [2.45, 2.75) is 31.6 Å². The highest BCUT2D eigenvalue weighted by Gasteiger charge is 2.73. The van der Waals surface area contributed by atoms with E-state index in [-0.39, 0.29) is 12.2 Å². The number of pyridine rings is 1. The minimum absolute atomic E-state index is 0.0315. The van der Waals surface area contributed by atoms with Crippen molar-refractivity contribution < 1.29 is 41.7 Å². The second kappa shape index (κ2) is 9.09. The SMILES string of the molecule is C[C@H](c1ccccc1)[N+]1(C(=O)NOC(=O)C(F)(F)F)C(=O)[C@H](Cc2ccnc(N)c2)[C@H]1C(N)=O. The largest absolute Gasteiger partial charge is 0.493 e. The maximum Gasteiger partial charge on any atom is 0.493 e. The van der Waals surface area contributed by atoms with Gasteiger partial charge in [0.25, 0.3) is 5.91 Å². The number of nitrogens with one attached hydrogen (secondary N) is 1. The van der Waals surface area contributed by atoms with Crippen LogP contribution in [0.3, 0.4) is 0 Å². The van der Waals surface area contributed by atoms with Gasteiger partial charge < -0.3 is 16.3 Å².